The van der Waals surface area contributed by atoms with Crippen molar-refractivity contribution in [1.29, 1.82) is 0 Å². The third kappa shape index (κ3) is 27.2. The van der Waals surface area contributed by atoms with Crippen LogP contribution in [0.25, 0.3) is 0 Å². The first kappa shape index (κ1) is 56.1. The summed E-state index contributed by atoms with van der Waals surface area (Å²) in [6.45, 7) is 3.59. The fraction of sp³-hybridized carbons (Fsp3) is 0.826. The van der Waals surface area contributed by atoms with Gasteiger partial charge in [-0.15, -0.1) is 0 Å². The normalized spacial score (nSPS) is 23.9. The van der Waals surface area contributed by atoms with Crippen molar-refractivity contribution in [3.05, 3.63) is 48.6 Å². The van der Waals surface area contributed by atoms with Crippen LogP contribution in [0.5, 0.6) is 0 Å². The third-order valence-corrected chi connectivity index (χ3v) is 12.9. The quantitative estimate of drug-likeness (QED) is 0.0258. The summed E-state index contributed by atoms with van der Waals surface area (Å²) < 4.78 is 65.2. The number of rotatable bonds is 41. The number of hydrogen-bond donors (Lipinski definition) is 4. The molecule has 2 heterocycles. The van der Waals surface area contributed by atoms with Gasteiger partial charge in [-0.05, 0) is 70.6 Å². The maximum atomic E-state index is 12.5. The van der Waals surface area contributed by atoms with Crippen LogP contribution in [0.15, 0.2) is 48.6 Å². The molecule has 7 atom stereocenters. The first-order valence-corrected chi connectivity index (χ1v) is 26.8. The van der Waals surface area contributed by atoms with Crippen LogP contribution in [0.1, 0.15) is 174 Å². The summed E-state index contributed by atoms with van der Waals surface area (Å²) in [6.07, 6.45) is 42.8. The molecule has 2 aliphatic heterocycles. The summed E-state index contributed by atoms with van der Waals surface area (Å²) in [5.41, 5.74) is 10.9. The van der Waals surface area contributed by atoms with E-state index in [0.29, 0.717) is 12.8 Å². The number of fused-ring (bicyclic) bond motifs is 1. The van der Waals surface area contributed by atoms with E-state index in [-0.39, 0.29) is 39.5 Å². The molecular weight excluding hydrogens is 818 g/mol. The van der Waals surface area contributed by atoms with Gasteiger partial charge in [0.2, 0.25) is 0 Å². The van der Waals surface area contributed by atoms with E-state index in [9.17, 15) is 18.9 Å². The number of unbranched alkanes of at least 4 members (excludes halogenated alkanes) is 17. The Labute approximate surface area is 370 Å². The van der Waals surface area contributed by atoms with Gasteiger partial charge in [0.05, 0.1) is 26.4 Å². The van der Waals surface area contributed by atoms with Crippen LogP contribution < -0.4 is 11.5 Å². The molecule has 61 heavy (non-hydrogen) atoms. The molecule has 0 aliphatic carbocycles. The first-order valence-electron chi connectivity index (χ1n) is 23.9. The number of phosphoric ester groups is 2. The van der Waals surface area contributed by atoms with Gasteiger partial charge in [-0.1, -0.05) is 140 Å². The van der Waals surface area contributed by atoms with Crippen LogP contribution in [0.3, 0.4) is 0 Å². The molecule has 2 fully saturated rings. The second-order valence-corrected chi connectivity index (χ2v) is 19.3. The zero-order chi connectivity index (χ0) is 44.3. The van der Waals surface area contributed by atoms with E-state index in [1.807, 2.05) is 0 Å². The van der Waals surface area contributed by atoms with Gasteiger partial charge in [0.15, 0.2) is 5.79 Å². The Morgan fingerprint density at radius 3 is 1.26 bits per heavy atom. The Balaban J connectivity index is 1.96. The van der Waals surface area contributed by atoms with E-state index in [4.69, 9.17) is 43.8 Å². The molecule has 0 saturated carbocycles. The van der Waals surface area contributed by atoms with Gasteiger partial charge in [-0.25, -0.2) is 9.13 Å². The highest BCUT2D eigenvalue weighted by atomic mass is 31.2. The number of ether oxygens (including phenoxy) is 3. The van der Waals surface area contributed by atoms with Crippen molar-refractivity contribution >= 4 is 15.6 Å². The van der Waals surface area contributed by atoms with Crippen molar-refractivity contribution in [2.75, 3.05) is 39.5 Å². The highest BCUT2D eigenvalue weighted by molar-refractivity contribution is 7.47. The Morgan fingerprint density at radius 1 is 0.508 bits per heavy atom. The van der Waals surface area contributed by atoms with Crippen LogP contribution >= 0.6 is 15.6 Å². The van der Waals surface area contributed by atoms with Gasteiger partial charge in [-0.3, -0.25) is 18.1 Å². The lowest BCUT2D eigenvalue weighted by Crippen LogP contribution is -2.37. The van der Waals surface area contributed by atoms with Crippen molar-refractivity contribution < 1.29 is 51.2 Å². The molecule has 3 unspecified atom stereocenters. The zero-order valence-corrected chi connectivity index (χ0v) is 39.8. The number of allylic oxidation sites excluding steroid dienone is 8. The smallest absolute Gasteiger partial charge is 0.364 e. The lowest BCUT2D eigenvalue weighted by molar-refractivity contribution is -0.221. The topological polar surface area (TPSA) is 191 Å². The highest BCUT2D eigenvalue weighted by Crippen LogP contribution is 2.49. The van der Waals surface area contributed by atoms with Gasteiger partial charge in [0.1, 0.15) is 24.4 Å². The molecule has 2 aliphatic rings. The molecule has 0 aromatic carbocycles. The largest absolute Gasteiger partial charge is 0.472 e. The Hall–Kier alpha value is -1.02. The van der Waals surface area contributed by atoms with E-state index in [1.54, 1.807) is 0 Å². The minimum atomic E-state index is -4.41. The zero-order valence-electron chi connectivity index (χ0n) is 38.0. The summed E-state index contributed by atoms with van der Waals surface area (Å²) in [5, 5.41) is 0. The van der Waals surface area contributed by atoms with Gasteiger partial charge in [-0.2, -0.15) is 0 Å². The first-order chi connectivity index (χ1) is 29.6. The molecule has 2 rings (SSSR count). The molecule has 15 heteroatoms. The molecule has 0 amide bonds. The Morgan fingerprint density at radius 2 is 0.869 bits per heavy atom. The average molecular weight is 905 g/mol. The maximum Gasteiger partial charge on any atom is 0.472 e. The Bertz CT molecular complexity index is 1250. The third-order valence-electron chi connectivity index (χ3n) is 10.9. The monoisotopic (exact) mass is 905 g/mol. The summed E-state index contributed by atoms with van der Waals surface area (Å²) in [6, 6.07) is 0. The molecule has 0 bridgehead atoms. The van der Waals surface area contributed by atoms with Gasteiger partial charge in [0, 0.05) is 25.9 Å². The maximum absolute atomic E-state index is 12.5. The van der Waals surface area contributed by atoms with Crippen LogP contribution in [-0.4, -0.2) is 79.5 Å². The minimum Gasteiger partial charge on any atom is -0.364 e. The van der Waals surface area contributed by atoms with Crippen molar-refractivity contribution in [2.24, 2.45) is 11.5 Å². The van der Waals surface area contributed by atoms with E-state index >= 15 is 0 Å². The predicted molar refractivity (Wildman–Crippen MR) is 246 cm³/mol. The molecule has 2 saturated heterocycles. The number of nitrogens with two attached hydrogens (primary N) is 2. The van der Waals surface area contributed by atoms with E-state index < -0.39 is 45.8 Å². The lowest BCUT2D eigenvalue weighted by atomic mass is 9.98. The van der Waals surface area contributed by atoms with E-state index in [1.165, 1.54) is 83.5 Å². The molecule has 6 N–H and O–H groups in total. The molecule has 0 aromatic rings. The predicted octanol–water partition coefficient (Wildman–Crippen LogP) is 11.4. The molecule has 0 spiro atoms. The van der Waals surface area contributed by atoms with E-state index in [0.717, 1.165) is 64.2 Å². The summed E-state index contributed by atoms with van der Waals surface area (Å²) in [5.74, 6) is -0.904. The average Bonchev–Trinajstić information content (AvgIpc) is 3.77. The van der Waals surface area contributed by atoms with Crippen molar-refractivity contribution in [2.45, 2.75) is 205 Å². The molecule has 0 radical (unpaired) electrons. The molecular formula is C46H86N2O11P2. The lowest BCUT2D eigenvalue weighted by Gasteiger charge is -2.31. The van der Waals surface area contributed by atoms with Crippen molar-refractivity contribution in [3.63, 3.8) is 0 Å². The highest BCUT2D eigenvalue weighted by Gasteiger charge is 2.58. The van der Waals surface area contributed by atoms with Crippen LogP contribution in [-0.2, 0) is 41.4 Å². The van der Waals surface area contributed by atoms with Crippen LogP contribution in [0, 0.1) is 0 Å². The van der Waals surface area contributed by atoms with Crippen LogP contribution in [0.2, 0.25) is 0 Å². The van der Waals surface area contributed by atoms with Crippen molar-refractivity contribution in [1.82, 2.24) is 0 Å². The van der Waals surface area contributed by atoms with E-state index in [2.05, 4.69) is 62.5 Å². The standard InChI is InChI=1S/C46H86N2O11P2/c1-3-5-7-9-11-13-15-17-19-21-23-25-27-29-31-33-35-46(34-32-30-28-26-24-22-20-18-16-14-12-10-8-6-4-2)58-44-42(40-55-60(49,50)53-38-36-47)57-43(45(44)59-46)41-56-61(51,52)54-39-37-48/h10-13,16-19,42-45H,3-9,14-15,20-41,47-48H2,1-2H3,(H,49,50)(H,51,52)/b12-10-,13-11-,18-16-,19-17-/t42-,43+,44-,45-,46?/m1/s1. The van der Waals surface area contributed by atoms with Gasteiger partial charge >= 0.3 is 15.6 Å². The second kappa shape index (κ2) is 35.3. The van der Waals surface area contributed by atoms with Crippen LogP contribution in [0.4, 0.5) is 0 Å². The number of hydrogen-bond acceptors (Lipinski definition) is 11. The summed E-state index contributed by atoms with van der Waals surface area (Å²) in [7, 11) is -8.83. The van der Waals surface area contributed by atoms with Crippen molar-refractivity contribution in [3.8, 4) is 0 Å². The Kier molecular flexibility index (Phi) is 32.4. The number of phosphoric acid groups is 2. The van der Waals surface area contributed by atoms with Gasteiger partial charge < -0.3 is 35.5 Å². The SMILES string of the molecule is CCCC/C=C\C/C=C\CCCCCCCCC1(CCCCCCCC/C=C\C/C=C\CCCCC)O[C@H]2[C@H](O1)[C@@H](COP(=O)(O)OCCN)O[C@H]2COP(=O)(O)OCCN. The minimum absolute atomic E-state index is 0.0498. The summed E-state index contributed by atoms with van der Waals surface area (Å²) >= 11 is 0. The fourth-order valence-corrected chi connectivity index (χ4v) is 9.05. The van der Waals surface area contributed by atoms with Gasteiger partial charge in [0.25, 0.3) is 0 Å². The molecule has 0 aromatic heterocycles. The fourth-order valence-electron chi connectivity index (χ4n) is 7.56. The second-order valence-electron chi connectivity index (χ2n) is 16.4. The summed E-state index contributed by atoms with van der Waals surface area (Å²) in [4.78, 5) is 20.4. The molecule has 356 valence electrons. The molecule has 13 nitrogen and oxygen atoms in total.